The molecule has 0 nitrogen and oxygen atoms in total. The van der Waals surface area contributed by atoms with Gasteiger partial charge >= 0.3 is 0 Å². The van der Waals surface area contributed by atoms with Crippen LogP contribution < -0.4 is 0 Å². The maximum Gasteiger partial charge on any atom is -0.00979 e. The van der Waals surface area contributed by atoms with Gasteiger partial charge in [0.25, 0.3) is 0 Å². The van der Waals surface area contributed by atoms with Crippen LogP contribution in [0.2, 0.25) is 0 Å². The van der Waals surface area contributed by atoms with Crippen molar-refractivity contribution in [2.75, 3.05) is 5.75 Å². The predicted molar refractivity (Wildman–Crippen MR) is 56.3 cm³/mol. The molecule has 0 N–H and O–H groups in total. The van der Waals surface area contributed by atoms with E-state index in [2.05, 4.69) is 33.4 Å². The van der Waals surface area contributed by atoms with Crippen molar-refractivity contribution < 1.29 is 0 Å². The Morgan fingerprint density at radius 2 is 1.64 bits per heavy atom. The summed E-state index contributed by atoms with van der Waals surface area (Å²) in [6.07, 6.45) is 5.43. The summed E-state index contributed by atoms with van der Waals surface area (Å²) in [6.45, 7) is 6.97. The molecule has 1 atom stereocenters. The Morgan fingerprint density at radius 3 is 2.09 bits per heavy atom. The van der Waals surface area contributed by atoms with Crippen LogP contribution in [-0.2, 0) is 0 Å². The third kappa shape index (κ3) is 6.74. The smallest absolute Gasteiger partial charge is 0.00979 e. The van der Waals surface area contributed by atoms with Gasteiger partial charge in [0.1, 0.15) is 0 Å². The van der Waals surface area contributed by atoms with Gasteiger partial charge in [0.2, 0.25) is 0 Å². The fourth-order valence-corrected chi connectivity index (χ4v) is 1.31. The Kier molecular flexibility index (Phi) is 7.25. The molecule has 0 aliphatic heterocycles. The Labute approximate surface area is 77.2 Å². The highest BCUT2D eigenvalue weighted by Crippen LogP contribution is 2.17. The van der Waals surface area contributed by atoms with Gasteiger partial charge in [-0.1, -0.05) is 40.0 Å². The van der Waals surface area contributed by atoms with Crippen molar-refractivity contribution in [2.24, 2.45) is 11.8 Å². The van der Waals surface area contributed by atoms with Crippen molar-refractivity contribution in [3.8, 4) is 0 Å². The molecule has 0 fully saturated rings. The second kappa shape index (κ2) is 7.02. The third-order valence-electron chi connectivity index (χ3n) is 2.46. The number of thiol groups is 1. The summed E-state index contributed by atoms with van der Waals surface area (Å²) >= 11 is 4.19. The first-order chi connectivity index (χ1) is 5.18. The van der Waals surface area contributed by atoms with Crippen LogP contribution in [0.25, 0.3) is 0 Å². The summed E-state index contributed by atoms with van der Waals surface area (Å²) in [6, 6.07) is 0. The van der Waals surface area contributed by atoms with E-state index in [4.69, 9.17) is 0 Å². The molecule has 0 bridgehead atoms. The van der Waals surface area contributed by atoms with Gasteiger partial charge < -0.3 is 0 Å². The molecule has 0 spiro atoms. The van der Waals surface area contributed by atoms with E-state index >= 15 is 0 Å². The second-order valence-corrected chi connectivity index (χ2v) is 4.24. The first-order valence-electron chi connectivity index (χ1n) is 4.79. The number of hydrogen-bond donors (Lipinski definition) is 1. The van der Waals surface area contributed by atoms with Crippen LogP contribution >= 0.6 is 12.6 Å². The van der Waals surface area contributed by atoms with Gasteiger partial charge in [0, 0.05) is 0 Å². The maximum atomic E-state index is 4.19. The van der Waals surface area contributed by atoms with Crippen molar-refractivity contribution in [2.45, 2.75) is 46.5 Å². The number of rotatable bonds is 6. The molecule has 0 rings (SSSR count). The summed E-state index contributed by atoms with van der Waals surface area (Å²) in [5.74, 6) is 2.80. The predicted octanol–water partition coefficient (Wildman–Crippen LogP) is 3.77. The summed E-state index contributed by atoms with van der Waals surface area (Å²) in [5, 5.41) is 0. The number of unbranched alkanes of at least 4 members (excludes halogenated alkanes) is 2. The van der Waals surface area contributed by atoms with E-state index < -0.39 is 0 Å². The molecule has 1 heteroatoms. The summed E-state index contributed by atoms with van der Waals surface area (Å²) < 4.78 is 0. The van der Waals surface area contributed by atoms with Crippen LogP contribution in [0.5, 0.6) is 0 Å². The zero-order chi connectivity index (χ0) is 8.69. The Morgan fingerprint density at radius 1 is 1.00 bits per heavy atom. The Hall–Kier alpha value is 0.350. The van der Waals surface area contributed by atoms with E-state index in [9.17, 15) is 0 Å². The average Bonchev–Trinajstić information content (AvgIpc) is 1.97. The molecule has 0 aliphatic rings. The van der Waals surface area contributed by atoms with E-state index in [1.807, 2.05) is 0 Å². The maximum absolute atomic E-state index is 4.19. The molecule has 68 valence electrons. The molecule has 0 aromatic heterocycles. The van der Waals surface area contributed by atoms with Gasteiger partial charge in [-0.3, -0.25) is 0 Å². The van der Waals surface area contributed by atoms with E-state index in [-0.39, 0.29) is 0 Å². The highest BCUT2D eigenvalue weighted by molar-refractivity contribution is 7.80. The van der Waals surface area contributed by atoms with Crippen molar-refractivity contribution in [3.05, 3.63) is 0 Å². The fraction of sp³-hybridized carbons (Fsp3) is 1.00. The number of hydrogen-bond acceptors (Lipinski definition) is 1. The monoisotopic (exact) mass is 174 g/mol. The first-order valence-corrected chi connectivity index (χ1v) is 5.42. The van der Waals surface area contributed by atoms with E-state index in [0.717, 1.165) is 17.6 Å². The van der Waals surface area contributed by atoms with Crippen LogP contribution in [0.3, 0.4) is 0 Å². The third-order valence-corrected chi connectivity index (χ3v) is 2.77. The normalized spacial score (nSPS) is 13.9. The van der Waals surface area contributed by atoms with Crippen LogP contribution in [0.1, 0.15) is 46.5 Å². The van der Waals surface area contributed by atoms with Crippen LogP contribution in [0.15, 0.2) is 0 Å². The molecule has 11 heavy (non-hydrogen) atoms. The lowest BCUT2D eigenvalue weighted by Crippen LogP contribution is -2.03. The molecule has 0 heterocycles. The summed E-state index contributed by atoms with van der Waals surface area (Å²) in [7, 11) is 0. The molecule has 1 unspecified atom stereocenters. The summed E-state index contributed by atoms with van der Waals surface area (Å²) in [5.41, 5.74) is 0. The van der Waals surface area contributed by atoms with Crippen LogP contribution in [0, 0.1) is 11.8 Å². The zero-order valence-corrected chi connectivity index (χ0v) is 9.03. The topological polar surface area (TPSA) is 0 Å². The largest absolute Gasteiger partial charge is 0.179 e. The van der Waals surface area contributed by atoms with E-state index in [0.29, 0.717) is 0 Å². The minimum Gasteiger partial charge on any atom is -0.179 e. The highest BCUT2D eigenvalue weighted by atomic mass is 32.1. The SMILES string of the molecule is CC(C)C(C)CCCCCS. The average molecular weight is 174 g/mol. The van der Waals surface area contributed by atoms with E-state index in [1.165, 1.54) is 25.7 Å². The van der Waals surface area contributed by atoms with Gasteiger partial charge in [-0.15, -0.1) is 0 Å². The molecule has 0 aliphatic carbocycles. The van der Waals surface area contributed by atoms with Crippen molar-refractivity contribution >= 4 is 12.6 Å². The minimum absolute atomic E-state index is 0.853. The Bertz CT molecular complexity index is 78.9. The quantitative estimate of drug-likeness (QED) is 0.460. The summed E-state index contributed by atoms with van der Waals surface area (Å²) in [4.78, 5) is 0. The molecular weight excluding hydrogens is 152 g/mol. The van der Waals surface area contributed by atoms with Gasteiger partial charge in [-0.2, -0.15) is 12.6 Å². The van der Waals surface area contributed by atoms with Gasteiger partial charge in [-0.25, -0.2) is 0 Å². The fourth-order valence-electron chi connectivity index (χ4n) is 1.09. The molecule has 0 aromatic carbocycles. The molecule has 0 radical (unpaired) electrons. The molecule has 0 saturated carbocycles. The van der Waals surface area contributed by atoms with Crippen LogP contribution in [0.4, 0.5) is 0 Å². The van der Waals surface area contributed by atoms with E-state index in [1.54, 1.807) is 0 Å². The lowest BCUT2D eigenvalue weighted by atomic mass is 9.92. The van der Waals surface area contributed by atoms with Crippen LogP contribution in [-0.4, -0.2) is 5.75 Å². The van der Waals surface area contributed by atoms with Gasteiger partial charge in [0.15, 0.2) is 0 Å². The molecule has 0 saturated heterocycles. The molecule has 0 amide bonds. The zero-order valence-electron chi connectivity index (χ0n) is 8.14. The van der Waals surface area contributed by atoms with Gasteiger partial charge in [-0.05, 0) is 24.0 Å². The highest BCUT2D eigenvalue weighted by Gasteiger charge is 2.05. The lowest BCUT2D eigenvalue weighted by molar-refractivity contribution is 0.377. The lowest BCUT2D eigenvalue weighted by Gasteiger charge is -2.14. The second-order valence-electron chi connectivity index (χ2n) is 3.79. The first kappa shape index (κ1) is 11.4. The van der Waals surface area contributed by atoms with Crippen molar-refractivity contribution in [3.63, 3.8) is 0 Å². The van der Waals surface area contributed by atoms with Crippen molar-refractivity contribution in [1.29, 1.82) is 0 Å². The standard InChI is InChI=1S/C10H22S/c1-9(2)10(3)7-5-4-6-8-11/h9-11H,4-8H2,1-3H3. The van der Waals surface area contributed by atoms with Crippen molar-refractivity contribution in [1.82, 2.24) is 0 Å². The Balaban J connectivity index is 3.10. The molecular formula is C10H22S. The van der Waals surface area contributed by atoms with Gasteiger partial charge in [0.05, 0.1) is 0 Å². The molecule has 0 aromatic rings. The minimum atomic E-state index is 0.853.